The molecule has 2 heterocycles. The van der Waals surface area contributed by atoms with Crippen LogP contribution in [0.3, 0.4) is 0 Å². The van der Waals surface area contributed by atoms with Gasteiger partial charge in [-0.2, -0.15) is 0 Å². The summed E-state index contributed by atoms with van der Waals surface area (Å²) in [5, 5.41) is 0. The predicted octanol–water partition coefficient (Wildman–Crippen LogP) is 1.33. The van der Waals surface area contributed by atoms with Crippen LogP contribution >= 0.6 is 0 Å². The number of fused-ring (bicyclic) bond motifs is 1. The third-order valence-electron chi connectivity index (χ3n) is 2.94. The molecule has 2 rings (SSSR count). The monoisotopic (exact) mass is 264 g/mol. The molecule has 0 N–H and O–H groups in total. The number of hydrogen-bond acceptors (Lipinski definition) is 4. The molecule has 0 aliphatic heterocycles. The highest BCUT2D eigenvalue weighted by molar-refractivity contribution is 5.95. The Hall–Kier alpha value is -2.24. The summed E-state index contributed by atoms with van der Waals surface area (Å²) in [6, 6.07) is 3.56. The first kappa shape index (κ1) is 13.2. The lowest BCUT2D eigenvalue weighted by Crippen LogP contribution is -2.17. The highest BCUT2D eigenvalue weighted by atomic mass is 16.5. The molecule has 0 atom stereocenters. The highest BCUT2D eigenvalue weighted by Crippen LogP contribution is 2.21. The summed E-state index contributed by atoms with van der Waals surface area (Å²) in [7, 11) is 3.19. The Morgan fingerprint density at radius 3 is 2.68 bits per heavy atom. The molecule has 0 aliphatic rings. The van der Waals surface area contributed by atoms with E-state index in [2.05, 4.69) is 0 Å². The van der Waals surface area contributed by atoms with E-state index >= 15 is 0 Å². The highest BCUT2D eigenvalue weighted by Gasteiger charge is 2.19. The van der Waals surface area contributed by atoms with Gasteiger partial charge in [0.05, 0.1) is 24.8 Å². The normalized spacial score (nSPS) is 10.7. The van der Waals surface area contributed by atoms with E-state index < -0.39 is 5.97 Å². The van der Waals surface area contributed by atoms with Crippen molar-refractivity contribution in [3.8, 4) is 0 Å². The number of carbonyl (C=O) groups is 2. The van der Waals surface area contributed by atoms with Gasteiger partial charge in [-0.15, -0.1) is 0 Å². The van der Waals surface area contributed by atoms with Gasteiger partial charge in [0.1, 0.15) is 12.2 Å². The number of esters is 2. The van der Waals surface area contributed by atoms with Crippen molar-refractivity contribution in [3.05, 3.63) is 24.0 Å². The average molecular weight is 264 g/mol. The van der Waals surface area contributed by atoms with Crippen LogP contribution in [-0.2, 0) is 27.9 Å². The summed E-state index contributed by atoms with van der Waals surface area (Å²) in [6.45, 7) is 2.05. The molecule has 0 fully saturated rings. The smallest absolute Gasteiger partial charge is 0.354 e. The van der Waals surface area contributed by atoms with Crippen LogP contribution in [0, 0.1) is 0 Å². The topological polar surface area (TPSA) is 62.5 Å². The van der Waals surface area contributed by atoms with Gasteiger partial charge in [-0.25, -0.2) is 4.79 Å². The van der Waals surface area contributed by atoms with E-state index in [1.54, 1.807) is 17.6 Å². The van der Waals surface area contributed by atoms with Crippen molar-refractivity contribution >= 4 is 23.0 Å². The van der Waals surface area contributed by atoms with Crippen LogP contribution in [0.25, 0.3) is 11.0 Å². The Balaban J connectivity index is 2.48. The number of aromatic nitrogens is 2. The van der Waals surface area contributed by atoms with Gasteiger partial charge in [-0.1, -0.05) is 0 Å². The van der Waals surface area contributed by atoms with Gasteiger partial charge in [0.25, 0.3) is 0 Å². The number of nitrogens with zero attached hydrogens (tertiary/aromatic N) is 2. The molecule has 0 radical (unpaired) electrons. The van der Waals surface area contributed by atoms with E-state index in [0.717, 1.165) is 11.0 Å². The Kier molecular flexibility index (Phi) is 3.59. The molecule has 0 saturated heterocycles. The SMILES string of the molecule is CCOC(=O)Cn1c(C(=O)OC)cc2c1ccn2C. The van der Waals surface area contributed by atoms with Crippen LogP contribution in [0.2, 0.25) is 0 Å². The Labute approximate surface area is 110 Å². The lowest BCUT2D eigenvalue weighted by Gasteiger charge is -2.07. The number of aryl methyl sites for hydroxylation is 1. The second-order valence-electron chi connectivity index (χ2n) is 4.11. The second-order valence-corrected chi connectivity index (χ2v) is 4.11. The largest absolute Gasteiger partial charge is 0.465 e. The van der Waals surface area contributed by atoms with Gasteiger partial charge in [0.15, 0.2) is 0 Å². The zero-order chi connectivity index (χ0) is 14.0. The minimum absolute atomic E-state index is 0.00815. The van der Waals surface area contributed by atoms with Gasteiger partial charge in [-0.3, -0.25) is 4.79 Å². The lowest BCUT2D eigenvalue weighted by molar-refractivity contribution is -0.143. The fourth-order valence-corrected chi connectivity index (χ4v) is 2.05. The van der Waals surface area contributed by atoms with Crippen LogP contribution in [0.4, 0.5) is 0 Å². The van der Waals surface area contributed by atoms with E-state index in [1.165, 1.54) is 7.11 Å². The molecule has 0 saturated carbocycles. The molecule has 19 heavy (non-hydrogen) atoms. The van der Waals surface area contributed by atoms with Crippen LogP contribution < -0.4 is 0 Å². The summed E-state index contributed by atoms with van der Waals surface area (Å²) in [5.74, 6) is -0.852. The van der Waals surface area contributed by atoms with Crippen LogP contribution in [0.5, 0.6) is 0 Å². The van der Waals surface area contributed by atoms with Gasteiger partial charge >= 0.3 is 11.9 Å². The molecule has 2 aromatic heterocycles. The molecule has 0 unspecified atom stereocenters. The fourth-order valence-electron chi connectivity index (χ4n) is 2.05. The molecule has 0 aromatic carbocycles. The Bertz CT molecular complexity index is 624. The first-order valence-electron chi connectivity index (χ1n) is 5.97. The molecule has 2 aromatic rings. The average Bonchev–Trinajstić information content (AvgIpc) is 2.91. The summed E-state index contributed by atoms with van der Waals surface area (Å²) in [6.07, 6.45) is 1.87. The van der Waals surface area contributed by atoms with Crippen molar-refractivity contribution in [1.82, 2.24) is 9.13 Å². The molecule has 6 nitrogen and oxygen atoms in total. The van der Waals surface area contributed by atoms with Crippen molar-refractivity contribution in [2.24, 2.45) is 7.05 Å². The van der Waals surface area contributed by atoms with E-state index in [-0.39, 0.29) is 12.5 Å². The van der Waals surface area contributed by atoms with Crippen LogP contribution in [0.1, 0.15) is 17.4 Å². The third-order valence-corrected chi connectivity index (χ3v) is 2.94. The maximum absolute atomic E-state index is 11.7. The van der Waals surface area contributed by atoms with E-state index in [4.69, 9.17) is 9.47 Å². The number of carbonyl (C=O) groups excluding carboxylic acids is 2. The molecule has 0 amide bonds. The molecule has 102 valence electrons. The van der Waals surface area contributed by atoms with Gasteiger partial charge in [0.2, 0.25) is 0 Å². The van der Waals surface area contributed by atoms with Crippen molar-refractivity contribution in [3.63, 3.8) is 0 Å². The maximum atomic E-state index is 11.7. The molecule has 0 bridgehead atoms. The van der Waals surface area contributed by atoms with Crippen LogP contribution in [-0.4, -0.2) is 34.8 Å². The number of methoxy groups -OCH3 is 1. The fraction of sp³-hybridized carbons (Fsp3) is 0.385. The number of hydrogen-bond donors (Lipinski definition) is 0. The molecule has 0 aliphatic carbocycles. The van der Waals surface area contributed by atoms with Crippen LogP contribution in [0.15, 0.2) is 18.3 Å². The minimum atomic E-state index is -0.472. The predicted molar refractivity (Wildman–Crippen MR) is 68.9 cm³/mol. The summed E-state index contributed by atoms with van der Waals surface area (Å²) in [4.78, 5) is 23.4. The van der Waals surface area contributed by atoms with Crippen molar-refractivity contribution < 1.29 is 19.1 Å². The number of ether oxygens (including phenoxy) is 2. The Morgan fingerprint density at radius 2 is 2.05 bits per heavy atom. The number of rotatable bonds is 4. The first-order valence-corrected chi connectivity index (χ1v) is 5.97. The molecular weight excluding hydrogens is 248 g/mol. The van der Waals surface area contributed by atoms with E-state index in [9.17, 15) is 9.59 Å². The third kappa shape index (κ3) is 2.33. The Morgan fingerprint density at radius 1 is 1.32 bits per heavy atom. The van der Waals surface area contributed by atoms with Crippen molar-refractivity contribution in [2.45, 2.75) is 13.5 Å². The molecule has 6 heteroatoms. The first-order chi connectivity index (χ1) is 9.08. The second kappa shape index (κ2) is 5.17. The van der Waals surface area contributed by atoms with Crippen molar-refractivity contribution in [1.29, 1.82) is 0 Å². The minimum Gasteiger partial charge on any atom is -0.465 e. The quantitative estimate of drug-likeness (QED) is 0.781. The van der Waals surface area contributed by atoms with Gasteiger partial charge in [-0.05, 0) is 19.1 Å². The zero-order valence-corrected chi connectivity index (χ0v) is 11.2. The summed E-state index contributed by atoms with van der Waals surface area (Å²) >= 11 is 0. The standard InChI is InChI=1S/C13H16N2O4/c1-4-19-12(16)8-15-9-5-6-14(2)10(9)7-11(15)13(17)18-3/h5-7H,4,8H2,1-3H3. The van der Waals surface area contributed by atoms with E-state index in [1.807, 2.05) is 23.9 Å². The molecular formula is C13H16N2O4. The maximum Gasteiger partial charge on any atom is 0.354 e. The molecule has 0 spiro atoms. The van der Waals surface area contributed by atoms with Crippen molar-refractivity contribution in [2.75, 3.05) is 13.7 Å². The van der Waals surface area contributed by atoms with E-state index in [0.29, 0.717) is 12.3 Å². The lowest BCUT2D eigenvalue weighted by atomic mass is 10.4. The summed E-state index contributed by atoms with van der Waals surface area (Å²) < 4.78 is 13.1. The summed E-state index contributed by atoms with van der Waals surface area (Å²) in [5.41, 5.74) is 2.01. The van der Waals surface area contributed by atoms with Gasteiger partial charge < -0.3 is 18.6 Å². The van der Waals surface area contributed by atoms with Gasteiger partial charge in [0, 0.05) is 13.2 Å². The zero-order valence-electron chi connectivity index (χ0n) is 11.2.